The van der Waals surface area contributed by atoms with Crippen LogP contribution in [0.3, 0.4) is 0 Å². The fourth-order valence-electron chi connectivity index (χ4n) is 2.86. The summed E-state index contributed by atoms with van der Waals surface area (Å²) in [4.78, 5) is 7.35. The summed E-state index contributed by atoms with van der Waals surface area (Å²) in [5.41, 5.74) is 0. The highest BCUT2D eigenvalue weighted by atomic mass is 15.2. The van der Waals surface area contributed by atoms with E-state index in [1.165, 1.54) is 45.3 Å². The fourth-order valence-corrected chi connectivity index (χ4v) is 2.86. The second kappa shape index (κ2) is 10.9. The maximum absolute atomic E-state index is 4.77. The zero-order valence-electron chi connectivity index (χ0n) is 14.6. The Bertz CT molecular complexity index is 289. The summed E-state index contributed by atoms with van der Waals surface area (Å²) < 4.78 is 0. The van der Waals surface area contributed by atoms with Gasteiger partial charge in [0.25, 0.3) is 0 Å². The average molecular weight is 297 g/mol. The van der Waals surface area contributed by atoms with Crippen molar-refractivity contribution in [2.24, 2.45) is 16.8 Å². The topological polar surface area (TPSA) is 39.7 Å². The first-order valence-corrected chi connectivity index (χ1v) is 8.90. The van der Waals surface area contributed by atoms with Crippen LogP contribution in [0.15, 0.2) is 4.99 Å². The molecule has 1 heterocycles. The first kappa shape index (κ1) is 18.3. The summed E-state index contributed by atoms with van der Waals surface area (Å²) in [6.07, 6.45) is 5.06. The number of nitrogens with one attached hydrogen (secondary N) is 2. The van der Waals surface area contributed by atoms with Crippen LogP contribution in [0.25, 0.3) is 0 Å². The second-order valence-electron chi connectivity index (χ2n) is 6.64. The van der Waals surface area contributed by atoms with Crippen molar-refractivity contribution in [3.63, 3.8) is 0 Å². The predicted octanol–water partition coefficient (Wildman–Crippen LogP) is 2.71. The molecule has 0 amide bonds. The highest BCUT2D eigenvalue weighted by Gasteiger charge is 2.21. The minimum atomic E-state index is 0.739. The van der Waals surface area contributed by atoms with Crippen molar-refractivity contribution in [2.45, 2.75) is 53.4 Å². The molecule has 1 fully saturated rings. The van der Waals surface area contributed by atoms with Gasteiger partial charge in [-0.05, 0) is 57.5 Å². The van der Waals surface area contributed by atoms with Crippen LogP contribution in [0.4, 0.5) is 0 Å². The van der Waals surface area contributed by atoms with E-state index in [4.69, 9.17) is 4.99 Å². The Morgan fingerprint density at radius 3 is 2.76 bits per heavy atom. The zero-order chi connectivity index (χ0) is 15.5. The first-order valence-electron chi connectivity index (χ1n) is 8.90. The van der Waals surface area contributed by atoms with Crippen molar-refractivity contribution in [1.82, 2.24) is 15.5 Å². The van der Waals surface area contributed by atoms with E-state index in [9.17, 15) is 0 Å². The molecule has 4 heteroatoms. The Kier molecular flexibility index (Phi) is 9.48. The number of likely N-dealkylation sites (tertiary alicyclic amines) is 1. The molecule has 124 valence electrons. The molecule has 1 unspecified atom stereocenters. The SMILES string of the molecule is CCCN1CCC(CN=C(NCC)NCCCC(C)C)C1. The van der Waals surface area contributed by atoms with Crippen molar-refractivity contribution in [3.8, 4) is 0 Å². The fraction of sp³-hybridized carbons (Fsp3) is 0.941. The van der Waals surface area contributed by atoms with E-state index in [1.807, 2.05) is 0 Å². The van der Waals surface area contributed by atoms with E-state index in [-0.39, 0.29) is 0 Å². The summed E-state index contributed by atoms with van der Waals surface area (Å²) in [7, 11) is 0. The predicted molar refractivity (Wildman–Crippen MR) is 92.9 cm³/mol. The van der Waals surface area contributed by atoms with Gasteiger partial charge in [-0.3, -0.25) is 4.99 Å². The maximum Gasteiger partial charge on any atom is 0.191 e. The normalized spacial score (nSPS) is 20.2. The van der Waals surface area contributed by atoms with Gasteiger partial charge in [0.1, 0.15) is 0 Å². The lowest BCUT2D eigenvalue weighted by Crippen LogP contribution is -2.38. The van der Waals surface area contributed by atoms with Crippen LogP contribution in [0.1, 0.15) is 53.4 Å². The second-order valence-corrected chi connectivity index (χ2v) is 6.64. The van der Waals surface area contributed by atoms with E-state index < -0.39 is 0 Å². The third-order valence-electron chi connectivity index (χ3n) is 4.01. The number of aliphatic imine (C=N–C) groups is 1. The molecule has 1 aliphatic heterocycles. The van der Waals surface area contributed by atoms with Crippen molar-refractivity contribution in [2.75, 3.05) is 39.3 Å². The minimum absolute atomic E-state index is 0.739. The Morgan fingerprint density at radius 1 is 1.29 bits per heavy atom. The van der Waals surface area contributed by atoms with Crippen LogP contribution < -0.4 is 10.6 Å². The van der Waals surface area contributed by atoms with Gasteiger partial charge in [-0.2, -0.15) is 0 Å². The van der Waals surface area contributed by atoms with Gasteiger partial charge >= 0.3 is 0 Å². The molecular formula is C17H36N4. The van der Waals surface area contributed by atoms with E-state index in [2.05, 4.69) is 43.2 Å². The van der Waals surface area contributed by atoms with Gasteiger partial charge in [0.2, 0.25) is 0 Å². The summed E-state index contributed by atoms with van der Waals surface area (Å²) in [5.74, 6) is 2.52. The molecule has 1 aliphatic rings. The van der Waals surface area contributed by atoms with Crippen LogP contribution in [0, 0.1) is 11.8 Å². The van der Waals surface area contributed by atoms with Gasteiger partial charge in [0.15, 0.2) is 5.96 Å². The average Bonchev–Trinajstić information content (AvgIpc) is 2.88. The summed E-state index contributed by atoms with van der Waals surface area (Å²) in [6, 6.07) is 0. The lowest BCUT2D eigenvalue weighted by molar-refractivity contribution is 0.326. The molecule has 21 heavy (non-hydrogen) atoms. The van der Waals surface area contributed by atoms with Gasteiger partial charge in [-0.15, -0.1) is 0 Å². The van der Waals surface area contributed by atoms with E-state index in [1.54, 1.807) is 0 Å². The molecule has 1 atom stereocenters. The molecule has 0 aromatic heterocycles. The van der Waals surface area contributed by atoms with Crippen molar-refractivity contribution in [1.29, 1.82) is 0 Å². The van der Waals surface area contributed by atoms with E-state index >= 15 is 0 Å². The Morgan fingerprint density at radius 2 is 2.10 bits per heavy atom. The molecule has 1 saturated heterocycles. The van der Waals surface area contributed by atoms with Gasteiger partial charge in [-0.25, -0.2) is 0 Å². The smallest absolute Gasteiger partial charge is 0.191 e. The third-order valence-corrected chi connectivity index (χ3v) is 4.01. The number of rotatable bonds is 9. The van der Waals surface area contributed by atoms with Crippen molar-refractivity contribution in [3.05, 3.63) is 0 Å². The summed E-state index contributed by atoms with van der Waals surface area (Å²) >= 11 is 0. The lowest BCUT2D eigenvalue weighted by Gasteiger charge is -2.15. The van der Waals surface area contributed by atoms with Gasteiger partial charge < -0.3 is 15.5 Å². The molecule has 0 saturated carbocycles. The van der Waals surface area contributed by atoms with Crippen LogP contribution in [0.5, 0.6) is 0 Å². The van der Waals surface area contributed by atoms with Crippen LogP contribution in [0.2, 0.25) is 0 Å². The van der Waals surface area contributed by atoms with Crippen LogP contribution in [-0.4, -0.2) is 50.1 Å². The van der Waals surface area contributed by atoms with Gasteiger partial charge in [-0.1, -0.05) is 20.8 Å². The summed E-state index contributed by atoms with van der Waals surface area (Å²) in [6.45, 7) is 15.6. The van der Waals surface area contributed by atoms with Crippen molar-refractivity contribution < 1.29 is 0 Å². The lowest BCUT2D eigenvalue weighted by atomic mass is 10.1. The standard InChI is InChI=1S/C17H36N4/c1-5-11-21-12-9-16(14-21)13-20-17(18-6-2)19-10-7-8-15(3)4/h15-16H,5-14H2,1-4H3,(H2,18,19,20). The maximum atomic E-state index is 4.77. The van der Waals surface area contributed by atoms with Crippen LogP contribution >= 0.6 is 0 Å². The first-order chi connectivity index (χ1) is 10.2. The monoisotopic (exact) mass is 296 g/mol. The van der Waals surface area contributed by atoms with Crippen LogP contribution in [-0.2, 0) is 0 Å². The molecule has 2 N–H and O–H groups in total. The zero-order valence-corrected chi connectivity index (χ0v) is 14.6. The molecule has 0 bridgehead atoms. The number of nitrogens with zero attached hydrogens (tertiary/aromatic N) is 2. The molecule has 0 aromatic carbocycles. The number of guanidine groups is 1. The minimum Gasteiger partial charge on any atom is -0.357 e. The Hall–Kier alpha value is -0.770. The molecule has 0 aromatic rings. The molecule has 0 aliphatic carbocycles. The molecule has 1 rings (SSSR count). The largest absolute Gasteiger partial charge is 0.357 e. The van der Waals surface area contributed by atoms with Crippen molar-refractivity contribution >= 4 is 5.96 Å². The molecule has 0 radical (unpaired) electrons. The highest BCUT2D eigenvalue weighted by Crippen LogP contribution is 2.16. The number of hydrogen-bond donors (Lipinski definition) is 2. The van der Waals surface area contributed by atoms with Gasteiger partial charge in [0, 0.05) is 26.2 Å². The molecule has 4 nitrogen and oxygen atoms in total. The molecular weight excluding hydrogens is 260 g/mol. The highest BCUT2D eigenvalue weighted by molar-refractivity contribution is 5.79. The van der Waals surface area contributed by atoms with E-state index in [0.717, 1.165) is 37.4 Å². The quantitative estimate of drug-likeness (QED) is 0.390. The van der Waals surface area contributed by atoms with E-state index in [0.29, 0.717) is 0 Å². The summed E-state index contributed by atoms with van der Waals surface area (Å²) in [5, 5.41) is 6.82. The number of hydrogen-bond acceptors (Lipinski definition) is 2. The van der Waals surface area contributed by atoms with Gasteiger partial charge in [0.05, 0.1) is 0 Å². The Balaban J connectivity index is 2.27. The third kappa shape index (κ3) is 8.30. The molecule has 0 spiro atoms. The Labute approximate surface area is 131 Å².